The van der Waals surface area contributed by atoms with E-state index in [1.807, 2.05) is 24.3 Å². The van der Waals surface area contributed by atoms with Crippen LogP contribution in [0.5, 0.6) is 5.75 Å². The topological polar surface area (TPSA) is 60.2 Å². The lowest BCUT2D eigenvalue weighted by Gasteiger charge is -2.55. The zero-order chi connectivity index (χ0) is 23.1. The van der Waals surface area contributed by atoms with E-state index in [1.54, 1.807) is 7.11 Å². The van der Waals surface area contributed by atoms with Crippen molar-refractivity contribution < 1.29 is 9.53 Å². The molecule has 182 valence electrons. The minimum Gasteiger partial charge on any atom is -0.497 e. The number of nitrogens with zero attached hydrogens (tertiary/aromatic N) is 4. The lowest BCUT2D eigenvalue weighted by molar-refractivity contribution is 0.0309. The van der Waals surface area contributed by atoms with Crippen LogP contribution < -0.4 is 9.64 Å². The van der Waals surface area contributed by atoms with E-state index in [0.717, 1.165) is 23.9 Å². The first-order valence-electron chi connectivity index (χ1n) is 13.7. The zero-order valence-corrected chi connectivity index (χ0v) is 20.5. The molecule has 0 radical (unpaired) electrons. The second-order valence-electron chi connectivity index (χ2n) is 11.0. The van der Waals surface area contributed by atoms with Crippen LogP contribution in [-0.2, 0) is 5.54 Å². The van der Waals surface area contributed by atoms with Crippen LogP contribution >= 0.6 is 0 Å². The number of carbonyl (C=O) groups excluding carboxylic acids is 1. The lowest BCUT2D eigenvalue weighted by atomic mass is 9.64. The average molecular weight is 463 g/mol. The Kier molecular flexibility index (Phi) is 5.86. The number of hydrogen-bond acceptors (Lipinski definition) is 4. The van der Waals surface area contributed by atoms with E-state index in [2.05, 4.69) is 9.58 Å². The molecule has 3 fully saturated rings. The standard InChI is InChI=1S/C28H38N4O2/c1-34-22-14-10-13-21(19-22)26(33)31-24-16-7-6-15-23(24)28(17-8-3-9-18-28)32-27(31)29-25(30-32)20-11-4-2-5-12-20/h10,13-14,19-20,23-24H,2-9,11-12,15-18H2,1H3/t23-,24+/m1/s1. The van der Waals surface area contributed by atoms with Gasteiger partial charge in [-0.15, -0.1) is 0 Å². The van der Waals surface area contributed by atoms with E-state index in [1.165, 1.54) is 83.5 Å². The Hall–Kier alpha value is -2.37. The Morgan fingerprint density at radius 3 is 2.50 bits per heavy atom. The van der Waals surface area contributed by atoms with Gasteiger partial charge in [-0.1, -0.05) is 57.4 Å². The number of aromatic nitrogens is 3. The number of rotatable bonds is 3. The fourth-order valence-corrected chi connectivity index (χ4v) is 7.54. The van der Waals surface area contributed by atoms with Crippen LogP contribution in [0.4, 0.5) is 5.95 Å². The molecule has 4 aliphatic rings. The number of ether oxygens (including phenoxy) is 1. The molecule has 0 unspecified atom stereocenters. The van der Waals surface area contributed by atoms with Gasteiger partial charge in [0, 0.05) is 23.4 Å². The fourth-order valence-electron chi connectivity index (χ4n) is 7.54. The van der Waals surface area contributed by atoms with Crippen LogP contribution in [0.2, 0.25) is 0 Å². The van der Waals surface area contributed by atoms with Crippen LogP contribution in [0.25, 0.3) is 0 Å². The van der Waals surface area contributed by atoms with Gasteiger partial charge < -0.3 is 4.74 Å². The van der Waals surface area contributed by atoms with Crippen LogP contribution in [0.3, 0.4) is 0 Å². The van der Waals surface area contributed by atoms with Crippen LogP contribution in [0.15, 0.2) is 24.3 Å². The normalized spacial score (nSPS) is 26.7. The van der Waals surface area contributed by atoms with Gasteiger partial charge in [0.15, 0.2) is 5.82 Å². The molecule has 1 amide bonds. The molecule has 6 heteroatoms. The van der Waals surface area contributed by atoms with Crippen molar-refractivity contribution in [2.45, 2.75) is 107 Å². The van der Waals surface area contributed by atoms with Crippen molar-refractivity contribution in [2.24, 2.45) is 5.92 Å². The van der Waals surface area contributed by atoms with Gasteiger partial charge in [0.1, 0.15) is 5.75 Å². The van der Waals surface area contributed by atoms with E-state index < -0.39 is 0 Å². The molecule has 1 spiro atoms. The third-order valence-corrected chi connectivity index (χ3v) is 9.22. The molecule has 3 aliphatic carbocycles. The highest BCUT2D eigenvalue weighted by Gasteiger charge is 2.55. The first-order valence-corrected chi connectivity index (χ1v) is 13.7. The molecular formula is C28H38N4O2. The number of hydrogen-bond donors (Lipinski definition) is 0. The van der Waals surface area contributed by atoms with Crippen LogP contribution in [-0.4, -0.2) is 33.8 Å². The van der Waals surface area contributed by atoms with Gasteiger partial charge in [-0.05, 0) is 56.7 Å². The molecule has 2 heterocycles. The summed E-state index contributed by atoms with van der Waals surface area (Å²) in [7, 11) is 1.65. The third-order valence-electron chi connectivity index (χ3n) is 9.22. The Morgan fingerprint density at radius 1 is 0.971 bits per heavy atom. The molecule has 6 nitrogen and oxygen atoms in total. The van der Waals surface area contributed by atoms with Crippen LogP contribution in [0.1, 0.15) is 112 Å². The summed E-state index contributed by atoms with van der Waals surface area (Å²) in [5, 5.41) is 5.29. The smallest absolute Gasteiger partial charge is 0.261 e. The summed E-state index contributed by atoms with van der Waals surface area (Å²) in [6, 6.07) is 7.80. The maximum absolute atomic E-state index is 14.1. The summed E-state index contributed by atoms with van der Waals surface area (Å²) < 4.78 is 7.72. The minimum atomic E-state index is 0.0315. The van der Waals surface area contributed by atoms with Gasteiger partial charge in [0.05, 0.1) is 12.6 Å². The molecule has 34 heavy (non-hydrogen) atoms. The van der Waals surface area contributed by atoms with Crippen molar-refractivity contribution in [2.75, 3.05) is 12.0 Å². The van der Waals surface area contributed by atoms with Gasteiger partial charge in [-0.2, -0.15) is 10.1 Å². The Bertz CT molecular complexity index is 1030. The largest absolute Gasteiger partial charge is 0.497 e. The van der Waals surface area contributed by atoms with E-state index in [9.17, 15) is 4.79 Å². The Balaban J connectivity index is 1.49. The van der Waals surface area contributed by atoms with Gasteiger partial charge in [-0.3, -0.25) is 9.69 Å². The van der Waals surface area contributed by atoms with Gasteiger partial charge >= 0.3 is 0 Å². The highest BCUT2D eigenvalue weighted by Crippen LogP contribution is 2.53. The summed E-state index contributed by atoms with van der Waals surface area (Å²) in [6.45, 7) is 0. The number of carbonyl (C=O) groups is 1. The summed E-state index contributed by atoms with van der Waals surface area (Å²) in [5.41, 5.74) is 0.709. The Morgan fingerprint density at radius 2 is 1.71 bits per heavy atom. The highest BCUT2D eigenvalue weighted by atomic mass is 16.5. The number of benzene rings is 1. The van der Waals surface area contributed by atoms with Crippen molar-refractivity contribution in [3.8, 4) is 5.75 Å². The molecule has 1 aliphatic heterocycles. The summed E-state index contributed by atoms with van der Waals surface area (Å²) in [4.78, 5) is 21.4. The predicted octanol–water partition coefficient (Wildman–Crippen LogP) is 6.21. The maximum atomic E-state index is 14.1. The monoisotopic (exact) mass is 462 g/mol. The lowest BCUT2D eigenvalue weighted by Crippen LogP contribution is -2.61. The number of methoxy groups -OCH3 is 1. The predicted molar refractivity (Wildman–Crippen MR) is 132 cm³/mol. The molecule has 6 rings (SSSR count). The molecule has 1 aromatic carbocycles. The number of anilines is 1. The molecule has 3 saturated carbocycles. The molecule has 1 aromatic heterocycles. The van der Waals surface area contributed by atoms with Gasteiger partial charge in [-0.25, -0.2) is 4.68 Å². The average Bonchev–Trinajstić information content (AvgIpc) is 3.36. The molecule has 2 aromatic rings. The van der Waals surface area contributed by atoms with E-state index >= 15 is 0 Å². The zero-order valence-electron chi connectivity index (χ0n) is 20.5. The SMILES string of the molecule is COc1cccc(C(=O)N2c3nc(C4CCCCC4)nn3C3(CCCCC3)[C@@H]3CCCC[C@@H]32)c1. The summed E-state index contributed by atoms with van der Waals surface area (Å²) in [5.74, 6) is 3.47. The second kappa shape index (κ2) is 9.01. The van der Waals surface area contributed by atoms with Crippen molar-refractivity contribution >= 4 is 11.9 Å². The minimum absolute atomic E-state index is 0.0315. The van der Waals surface area contributed by atoms with Gasteiger partial charge in [0.25, 0.3) is 5.91 Å². The van der Waals surface area contributed by atoms with E-state index in [4.69, 9.17) is 14.8 Å². The maximum Gasteiger partial charge on any atom is 0.261 e. The van der Waals surface area contributed by atoms with E-state index in [-0.39, 0.29) is 17.5 Å². The van der Waals surface area contributed by atoms with Gasteiger partial charge in [0.2, 0.25) is 5.95 Å². The summed E-state index contributed by atoms with van der Waals surface area (Å²) in [6.07, 6.45) is 17.0. The quantitative estimate of drug-likeness (QED) is 0.544. The van der Waals surface area contributed by atoms with Crippen molar-refractivity contribution in [3.63, 3.8) is 0 Å². The van der Waals surface area contributed by atoms with Crippen molar-refractivity contribution in [3.05, 3.63) is 35.7 Å². The molecular weight excluding hydrogens is 424 g/mol. The van der Waals surface area contributed by atoms with Crippen molar-refractivity contribution in [1.29, 1.82) is 0 Å². The van der Waals surface area contributed by atoms with E-state index in [0.29, 0.717) is 17.4 Å². The first-order chi connectivity index (χ1) is 16.7. The fraction of sp³-hybridized carbons (Fsp3) is 0.679. The number of amides is 1. The van der Waals surface area contributed by atoms with Crippen molar-refractivity contribution in [1.82, 2.24) is 14.8 Å². The molecule has 2 atom stereocenters. The molecule has 0 saturated heterocycles. The molecule has 0 bridgehead atoms. The summed E-state index contributed by atoms with van der Waals surface area (Å²) >= 11 is 0. The Labute approximate surface area is 203 Å². The molecule has 0 N–H and O–H groups in total. The van der Waals surface area contributed by atoms with Crippen LogP contribution in [0, 0.1) is 5.92 Å². The first kappa shape index (κ1) is 22.1. The third kappa shape index (κ3) is 3.56. The highest BCUT2D eigenvalue weighted by molar-refractivity contribution is 6.06. The second-order valence-corrected chi connectivity index (χ2v) is 11.0. The number of fused-ring (bicyclic) bond motifs is 4.